The summed E-state index contributed by atoms with van der Waals surface area (Å²) in [6.45, 7) is 6.55. The average Bonchev–Trinajstić information content (AvgIpc) is 2.39. The molecule has 1 atom stereocenters. The van der Waals surface area contributed by atoms with Gasteiger partial charge in [-0.1, -0.05) is 13.8 Å². The van der Waals surface area contributed by atoms with Crippen molar-refractivity contribution in [3.63, 3.8) is 0 Å². The second-order valence-corrected chi connectivity index (χ2v) is 5.40. The number of ether oxygens (including phenoxy) is 1. The number of rotatable bonds is 4. The van der Waals surface area contributed by atoms with Crippen LogP contribution in [0.1, 0.15) is 37.6 Å². The van der Waals surface area contributed by atoms with Crippen LogP contribution < -0.4 is 15.4 Å². The number of benzene rings is 1. The van der Waals surface area contributed by atoms with Gasteiger partial charge in [-0.2, -0.15) is 0 Å². The summed E-state index contributed by atoms with van der Waals surface area (Å²) in [5.74, 6) is 0.806. The third-order valence-corrected chi connectivity index (χ3v) is 3.18. The van der Waals surface area contributed by atoms with Crippen LogP contribution in [0, 0.1) is 5.92 Å². The van der Waals surface area contributed by atoms with Crippen LogP contribution in [0.15, 0.2) is 18.2 Å². The summed E-state index contributed by atoms with van der Waals surface area (Å²) in [5, 5.41) is 5.60. The maximum absolute atomic E-state index is 12.0. The Balaban J connectivity index is 2.05. The first kappa shape index (κ1) is 14.4. The first-order chi connectivity index (χ1) is 9.47. The van der Waals surface area contributed by atoms with Crippen LogP contribution in [0.25, 0.3) is 0 Å². The van der Waals surface area contributed by atoms with E-state index in [4.69, 9.17) is 4.74 Å². The van der Waals surface area contributed by atoms with Gasteiger partial charge in [-0.05, 0) is 37.5 Å². The molecule has 0 radical (unpaired) electrons. The van der Waals surface area contributed by atoms with Crippen molar-refractivity contribution in [1.82, 2.24) is 5.32 Å². The van der Waals surface area contributed by atoms with Crippen molar-refractivity contribution in [2.75, 3.05) is 11.9 Å². The summed E-state index contributed by atoms with van der Waals surface area (Å²) >= 11 is 0. The molecule has 108 valence electrons. The Morgan fingerprint density at radius 2 is 2.20 bits per heavy atom. The van der Waals surface area contributed by atoms with Crippen molar-refractivity contribution in [3.05, 3.63) is 23.8 Å². The van der Waals surface area contributed by atoms with Gasteiger partial charge in [-0.25, -0.2) is 0 Å². The van der Waals surface area contributed by atoms with E-state index in [9.17, 15) is 9.59 Å². The monoisotopic (exact) mass is 276 g/mol. The molecule has 1 unspecified atom stereocenters. The molecule has 5 heteroatoms. The lowest BCUT2D eigenvalue weighted by Crippen LogP contribution is -2.34. The van der Waals surface area contributed by atoms with Gasteiger partial charge in [0.25, 0.3) is 11.8 Å². The molecular weight excluding hydrogens is 256 g/mol. The van der Waals surface area contributed by atoms with E-state index in [0.717, 1.165) is 6.42 Å². The van der Waals surface area contributed by atoms with Gasteiger partial charge < -0.3 is 15.4 Å². The highest BCUT2D eigenvalue weighted by Gasteiger charge is 2.24. The SMILES string of the molecule is CC(C)CCNC(=O)c1ccc2c(c1)NC(=O)C(C)O2. The molecule has 1 aliphatic rings. The summed E-state index contributed by atoms with van der Waals surface area (Å²) < 4.78 is 5.45. The molecule has 0 fully saturated rings. The smallest absolute Gasteiger partial charge is 0.265 e. The van der Waals surface area contributed by atoms with E-state index in [1.807, 2.05) is 0 Å². The molecule has 0 aromatic heterocycles. The molecule has 1 aromatic rings. The van der Waals surface area contributed by atoms with Gasteiger partial charge in [0.15, 0.2) is 6.10 Å². The Bertz CT molecular complexity index is 526. The fourth-order valence-corrected chi connectivity index (χ4v) is 1.93. The van der Waals surface area contributed by atoms with Gasteiger partial charge in [-0.3, -0.25) is 9.59 Å². The molecule has 0 aliphatic carbocycles. The van der Waals surface area contributed by atoms with Crippen molar-refractivity contribution in [1.29, 1.82) is 0 Å². The Labute approximate surface area is 118 Å². The van der Waals surface area contributed by atoms with Crippen LogP contribution in [0.4, 0.5) is 5.69 Å². The topological polar surface area (TPSA) is 67.4 Å². The normalized spacial score (nSPS) is 17.2. The van der Waals surface area contributed by atoms with Gasteiger partial charge >= 0.3 is 0 Å². The molecule has 2 N–H and O–H groups in total. The number of hydrogen-bond donors (Lipinski definition) is 2. The minimum Gasteiger partial charge on any atom is -0.479 e. The zero-order chi connectivity index (χ0) is 14.7. The van der Waals surface area contributed by atoms with E-state index in [2.05, 4.69) is 24.5 Å². The average molecular weight is 276 g/mol. The van der Waals surface area contributed by atoms with E-state index < -0.39 is 6.10 Å². The van der Waals surface area contributed by atoms with Gasteiger partial charge in [0.2, 0.25) is 0 Å². The number of anilines is 1. The van der Waals surface area contributed by atoms with Gasteiger partial charge in [0.05, 0.1) is 5.69 Å². The minimum absolute atomic E-state index is 0.138. The van der Waals surface area contributed by atoms with Crippen LogP contribution in [0.5, 0.6) is 5.75 Å². The maximum atomic E-state index is 12.0. The zero-order valence-corrected chi connectivity index (χ0v) is 12.0. The Kier molecular flexibility index (Phi) is 4.27. The molecular formula is C15H20N2O3. The molecule has 2 rings (SSSR count). The largest absolute Gasteiger partial charge is 0.479 e. The van der Waals surface area contributed by atoms with Crippen LogP contribution >= 0.6 is 0 Å². The van der Waals surface area contributed by atoms with Crippen LogP contribution in [-0.2, 0) is 4.79 Å². The van der Waals surface area contributed by atoms with Crippen molar-refractivity contribution < 1.29 is 14.3 Å². The molecule has 1 aliphatic heterocycles. The minimum atomic E-state index is -0.506. The molecule has 5 nitrogen and oxygen atoms in total. The second-order valence-electron chi connectivity index (χ2n) is 5.40. The highest BCUT2D eigenvalue weighted by molar-refractivity contribution is 6.00. The standard InChI is InChI=1S/C15H20N2O3/c1-9(2)6-7-16-15(19)11-4-5-13-12(8-11)17-14(18)10(3)20-13/h4-5,8-10H,6-7H2,1-3H3,(H,16,19)(H,17,18). The Hall–Kier alpha value is -2.04. The Morgan fingerprint density at radius 3 is 2.90 bits per heavy atom. The first-order valence-electron chi connectivity index (χ1n) is 6.87. The molecule has 2 amide bonds. The number of nitrogens with one attached hydrogen (secondary N) is 2. The number of carbonyl (C=O) groups is 2. The van der Waals surface area contributed by atoms with Crippen LogP contribution in [0.2, 0.25) is 0 Å². The van der Waals surface area contributed by atoms with Crippen molar-refractivity contribution in [3.8, 4) is 5.75 Å². The molecule has 0 bridgehead atoms. The Morgan fingerprint density at radius 1 is 1.45 bits per heavy atom. The summed E-state index contributed by atoms with van der Waals surface area (Å²) in [5.41, 5.74) is 1.07. The van der Waals surface area contributed by atoms with Gasteiger partial charge in [0.1, 0.15) is 5.75 Å². The van der Waals surface area contributed by atoms with E-state index in [1.54, 1.807) is 25.1 Å². The molecule has 1 aromatic carbocycles. The number of amides is 2. The van der Waals surface area contributed by atoms with Gasteiger partial charge in [0, 0.05) is 12.1 Å². The van der Waals surface area contributed by atoms with E-state index >= 15 is 0 Å². The van der Waals surface area contributed by atoms with Crippen LogP contribution in [-0.4, -0.2) is 24.5 Å². The highest BCUT2D eigenvalue weighted by atomic mass is 16.5. The maximum Gasteiger partial charge on any atom is 0.265 e. The summed E-state index contributed by atoms with van der Waals surface area (Å²) in [6.07, 6.45) is 0.432. The fraction of sp³-hybridized carbons (Fsp3) is 0.467. The lowest BCUT2D eigenvalue weighted by molar-refractivity contribution is -0.122. The quantitative estimate of drug-likeness (QED) is 0.885. The fourth-order valence-electron chi connectivity index (χ4n) is 1.93. The molecule has 20 heavy (non-hydrogen) atoms. The molecule has 0 saturated carbocycles. The highest BCUT2D eigenvalue weighted by Crippen LogP contribution is 2.30. The third kappa shape index (κ3) is 3.29. The lowest BCUT2D eigenvalue weighted by Gasteiger charge is -2.23. The lowest BCUT2D eigenvalue weighted by atomic mass is 10.1. The van der Waals surface area contributed by atoms with E-state index in [1.165, 1.54) is 0 Å². The van der Waals surface area contributed by atoms with Crippen LogP contribution in [0.3, 0.4) is 0 Å². The van der Waals surface area contributed by atoms with E-state index in [0.29, 0.717) is 29.5 Å². The molecule has 0 saturated heterocycles. The molecule has 0 spiro atoms. The van der Waals surface area contributed by atoms with Crippen molar-refractivity contribution in [2.24, 2.45) is 5.92 Å². The van der Waals surface area contributed by atoms with Crippen molar-refractivity contribution in [2.45, 2.75) is 33.3 Å². The predicted octanol–water partition coefficient (Wildman–Crippen LogP) is 2.18. The second kappa shape index (κ2) is 5.94. The molecule has 1 heterocycles. The first-order valence-corrected chi connectivity index (χ1v) is 6.87. The summed E-state index contributed by atoms with van der Waals surface area (Å²) in [4.78, 5) is 23.5. The predicted molar refractivity (Wildman–Crippen MR) is 76.9 cm³/mol. The van der Waals surface area contributed by atoms with E-state index in [-0.39, 0.29) is 11.8 Å². The van der Waals surface area contributed by atoms with Crippen molar-refractivity contribution >= 4 is 17.5 Å². The number of fused-ring (bicyclic) bond motifs is 1. The summed E-state index contributed by atoms with van der Waals surface area (Å²) in [7, 11) is 0. The zero-order valence-electron chi connectivity index (χ0n) is 12.0. The number of carbonyl (C=O) groups excluding carboxylic acids is 2. The third-order valence-electron chi connectivity index (χ3n) is 3.18. The number of hydrogen-bond acceptors (Lipinski definition) is 3. The summed E-state index contributed by atoms with van der Waals surface area (Å²) in [6, 6.07) is 5.06. The van der Waals surface area contributed by atoms with Gasteiger partial charge in [-0.15, -0.1) is 0 Å².